The fourth-order valence-corrected chi connectivity index (χ4v) is 4.78. The van der Waals surface area contributed by atoms with Crippen molar-refractivity contribution in [2.75, 3.05) is 31.2 Å². The predicted octanol–water partition coefficient (Wildman–Crippen LogP) is 2.95. The molecule has 0 atom stereocenters. The summed E-state index contributed by atoms with van der Waals surface area (Å²) in [5, 5.41) is 3.90. The van der Waals surface area contributed by atoms with Crippen LogP contribution in [0.25, 0.3) is 0 Å². The number of halogens is 1. The van der Waals surface area contributed by atoms with E-state index in [1.54, 1.807) is 24.3 Å². The van der Waals surface area contributed by atoms with E-state index in [1.807, 2.05) is 0 Å². The highest BCUT2D eigenvalue weighted by atomic mass is 32.2. The Balaban J connectivity index is 1.59. The molecule has 0 aromatic heterocycles. The van der Waals surface area contributed by atoms with Gasteiger partial charge in [0, 0.05) is 11.6 Å². The summed E-state index contributed by atoms with van der Waals surface area (Å²) in [4.78, 5) is 12.6. The number of nitrogens with one attached hydrogen (secondary N) is 1. The van der Waals surface area contributed by atoms with Crippen LogP contribution in [-0.4, -0.2) is 47.4 Å². The van der Waals surface area contributed by atoms with Crippen LogP contribution in [0.5, 0.6) is 17.2 Å². The third-order valence-electron chi connectivity index (χ3n) is 5.04. The molecule has 11 heteroatoms. The number of carbonyl (C=O) groups excluding carboxylic acids is 1. The average Bonchev–Trinajstić information content (AvgIpc) is 2.88. The number of anilines is 1. The number of methoxy groups -OCH3 is 1. The number of nitrogens with zero attached hydrogens (tertiary/aromatic N) is 2. The van der Waals surface area contributed by atoms with E-state index in [0.29, 0.717) is 23.7 Å². The summed E-state index contributed by atoms with van der Waals surface area (Å²) < 4.78 is 57.6. The third-order valence-corrected chi connectivity index (χ3v) is 6.81. The van der Waals surface area contributed by atoms with Gasteiger partial charge < -0.3 is 14.2 Å². The molecule has 1 N–H and O–H groups in total. The van der Waals surface area contributed by atoms with E-state index in [2.05, 4.69) is 10.5 Å². The number of hydrogen-bond acceptors (Lipinski definition) is 7. The van der Waals surface area contributed by atoms with Gasteiger partial charge in [-0.05, 0) is 48.5 Å². The lowest BCUT2D eigenvalue weighted by atomic mass is 10.2. The molecule has 0 bridgehead atoms. The third kappa shape index (κ3) is 5.52. The highest BCUT2D eigenvalue weighted by molar-refractivity contribution is 7.92. The lowest BCUT2D eigenvalue weighted by Crippen LogP contribution is -2.39. The Hall–Kier alpha value is -4.12. The van der Waals surface area contributed by atoms with Crippen molar-refractivity contribution in [3.8, 4) is 17.2 Å². The first-order valence-electron chi connectivity index (χ1n) is 10.5. The molecule has 182 valence electrons. The normalized spacial score (nSPS) is 12.9. The Morgan fingerprint density at radius 2 is 1.80 bits per heavy atom. The zero-order valence-electron chi connectivity index (χ0n) is 18.7. The Labute approximate surface area is 201 Å². The molecule has 0 radical (unpaired) electrons. The van der Waals surface area contributed by atoms with Crippen molar-refractivity contribution in [1.29, 1.82) is 0 Å². The topological polar surface area (TPSA) is 107 Å². The smallest absolute Gasteiger partial charge is 0.264 e. The van der Waals surface area contributed by atoms with Gasteiger partial charge in [0.1, 0.15) is 31.3 Å². The number of ether oxygens (including phenoxy) is 3. The molecule has 1 aliphatic rings. The maximum absolute atomic E-state index is 13.5. The molecule has 3 aromatic rings. The molecule has 0 fully saturated rings. The van der Waals surface area contributed by atoms with Gasteiger partial charge in [-0.15, -0.1) is 0 Å². The molecule has 9 nitrogen and oxygen atoms in total. The van der Waals surface area contributed by atoms with E-state index in [-0.39, 0.29) is 22.9 Å². The molecule has 0 spiro atoms. The Bertz CT molecular complexity index is 1350. The van der Waals surface area contributed by atoms with Crippen LogP contribution >= 0.6 is 0 Å². The van der Waals surface area contributed by atoms with E-state index in [1.165, 1.54) is 43.7 Å². The van der Waals surface area contributed by atoms with Crippen molar-refractivity contribution in [3.05, 3.63) is 78.1 Å². The number of fused-ring (bicyclic) bond motifs is 1. The highest BCUT2D eigenvalue weighted by Crippen LogP contribution is 2.34. The molecular weight excluding hydrogens is 477 g/mol. The molecule has 0 saturated heterocycles. The maximum atomic E-state index is 13.5. The van der Waals surface area contributed by atoms with Crippen molar-refractivity contribution in [2.24, 2.45) is 5.10 Å². The monoisotopic (exact) mass is 499 g/mol. The number of carbonyl (C=O) groups is 1. The van der Waals surface area contributed by atoms with Crippen LogP contribution in [0.15, 0.2) is 76.7 Å². The lowest BCUT2D eigenvalue weighted by Gasteiger charge is -2.25. The lowest BCUT2D eigenvalue weighted by molar-refractivity contribution is -0.119. The number of sulfonamides is 1. The molecule has 0 saturated carbocycles. The van der Waals surface area contributed by atoms with Crippen LogP contribution in [0.4, 0.5) is 10.1 Å². The molecule has 1 aliphatic heterocycles. The number of rotatable bonds is 8. The van der Waals surface area contributed by atoms with Crippen molar-refractivity contribution in [2.45, 2.75) is 4.90 Å². The number of hydrogen-bond donors (Lipinski definition) is 1. The van der Waals surface area contributed by atoms with Gasteiger partial charge in [-0.3, -0.25) is 9.10 Å². The van der Waals surface area contributed by atoms with E-state index in [0.717, 1.165) is 16.4 Å². The van der Waals surface area contributed by atoms with E-state index in [4.69, 9.17) is 14.2 Å². The van der Waals surface area contributed by atoms with E-state index >= 15 is 0 Å². The Morgan fingerprint density at radius 3 is 2.54 bits per heavy atom. The SMILES string of the molecule is COc1ccccc1/C=N\NC(=O)CN(c1ccc(F)cc1)S(=O)(=O)c1ccc2c(c1)OCCO2. The van der Waals surface area contributed by atoms with Crippen LogP contribution in [0.2, 0.25) is 0 Å². The molecule has 3 aromatic carbocycles. The molecule has 1 amide bonds. The highest BCUT2D eigenvalue weighted by Gasteiger charge is 2.29. The van der Waals surface area contributed by atoms with Crippen LogP contribution < -0.4 is 23.9 Å². The van der Waals surface area contributed by atoms with Crippen molar-refractivity contribution < 1.29 is 31.8 Å². The first-order chi connectivity index (χ1) is 16.9. The number of hydrazone groups is 1. The second-order valence-electron chi connectivity index (χ2n) is 7.33. The van der Waals surface area contributed by atoms with Gasteiger partial charge in [0.05, 0.1) is 23.9 Å². The zero-order valence-corrected chi connectivity index (χ0v) is 19.5. The molecule has 1 heterocycles. The van der Waals surface area contributed by atoms with Gasteiger partial charge in [-0.2, -0.15) is 5.10 Å². The number of benzene rings is 3. The molecule has 0 unspecified atom stereocenters. The second-order valence-corrected chi connectivity index (χ2v) is 9.19. The minimum atomic E-state index is -4.24. The Kier molecular flexibility index (Phi) is 7.16. The van der Waals surface area contributed by atoms with Gasteiger partial charge in [0.25, 0.3) is 15.9 Å². The maximum Gasteiger partial charge on any atom is 0.264 e. The van der Waals surface area contributed by atoms with Crippen molar-refractivity contribution in [3.63, 3.8) is 0 Å². The predicted molar refractivity (Wildman–Crippen MR) is 127 cm³/mol. The summed E-state index contributed by atoms with van der Waals surface area (Å²) in [5.74, 6) is 0.00620. The van der Waals surface area contributed by atoms with Gasteiger partial charge in [-0.25, -0.2) is 18.2 Å². The zero-order chi connectivity index (χ0) is 24.8. The summed E-state index contributed by atoms with van der Waals surface area (Å²) in [7, 11) is -2.73. The minimum Gasteiger partial charge on any atom is -0.496 e. The fraction of sp³-hybridized carbons (Fsp3) is 0.167. The molecule has 4 rings (SSSR count). The fourth-order valence-electron chi connectivity index (χ4n) is 3.35. The van der Waals surface area contributed by atoms with Crippen molar-refractivity contribution in [1.82, 2.24) is 5.43 Å². The number of para-hydroxylation sites is 1. The summed E-state index contributed by atoms with van der Waals surface area (Å²) in [6, 6.07) is 16.0. The minimum absolute atomic E-state index is 0.102. The van der Waals surface area contributed by atoms with Gasteiger partial charge in [0.2, 0.25) is 0 Å². The summed E-state index contributed by atoms with van der Waals surface area (Å²) in [6.07, 6.45) is 1.38. The second kappa shape index (κ2) is 10.4. The van der Waals surface area contributed by atoms with Crippen LogP contribution in [0.1, 0.15) is 5.56 Å². The Morgan fingerprint density at radius 1 is 1.09 bits per heavy atom. The van der Waals surface area contributed by atoms with Gasteiger partial charge in [-0.1, -0.05) is 12.1 Å². The van der Waals surface area contributed by atoms with E-state index < -0.39 is 28.3 Å². The standard InChI is InChI=1S/C24H22FN3O6S/c1-32-21-5-3-2-4-17(21)15-26-27-24(29)16-28(19-8-6-18(25)7-9-19)35(30,31)20-10-11-22-23(14-20)34-13-12-33-22/h2-11,14-15H,12-13,16H2,1H3,(H,27,29)/b26-15-. The molecular formula is C24H22FN3O6S. The summed E-state index contributed by atoms with van der Waals surface area (Å²) in [5.41, 5.74) is 3.04. The van der Waals surface area contributed by atoms with Crippen LogP contribution in [-0.2, 0) is 14.8 Å². The quantitative estimate of drug-likeness (QED) is 0.377. The average molecular weight is 500 g/mol. The summed E-state index contributed by atoms with van der Waals surface area (Å²) in [6.45, 7) is 0.0345. The summed E-state index contributed by atoms with van der Waals surface area (Å²) >= 11 is 0. The van der Waals surface area contributed by atoms with E-state index in [9.17, 15) is 17.6 Å². The van der Waals surface area contributed by atoms with Crippen LogP contribution in [0, 0.1) is 5.82 Å². The van der Waals surface area contributed by atoms with Crippen molar-refractivity contribution >= 4 is 27.8 Å². The van der Waals surface area contributed by atoms with Crippen LogP contribution in [0.3, 0.4) is 0 Å². The largest absolute Gasteiger partial charge is 0.496 e. The first kappa shape index (κ1) is 24.0. The number of amides is 1. The van der Waals surface area contributed by atoms with Gasteiger partial charge in [0.15, 0.2) is 11.5 Å². The molecule has 35 heavy (non-hydrogen) atoms. The first-order valence-corrected chi connectivity index (χ1v) is 12.0. The van der Waals surface area contributed by atoms with Gasteiger partial charge >= 0.3 is 0 Å². The molecule has 0 aliphatic carbocycles.